The highest BCUT2D eigenvalue weighted by Gasteiger charge is 2.40. The molecule has 130 valence electrons. The molecule has 1 aromatic carbocycles. The van der Waals surface area contributed by atoms with E-state index in [0.717, 1.165) is 21.8 Å². The Balaban J connectivity index is 1.96. The molecular formula is C20H20O4S. The van der Waals surface area contributed by atoms with Gasteiger partial charge in [0.1, 0.15) is 11.7 Å². The van der Waals surface area contributed by atoms with E-state index in [9.17, 15) is 9.59 Å². The van der Waals surface area contributed by atoms with Crippen molar-refractivity contribution in [1.29, 1.82) is 0 Å². The van der Waals surface area contributed by atoms with Crippen molar-refractivity contribution >= 4 is 28.7 Å². The minimum Gasteiger partial charge on any atom is -0.497 e. The van der Waals surface area contributed by atoms with Crippen LogP contribution in [0.15, 0.2) is 47.9 Å². The lowest BCUT2D eigenvalue weighted by molar-refractivity contribution is -0.151. The van der Waals surface area contributed by atoms with Crippen molar-refractivity contribution in [3.8, 4) is 5.75 Å². The van der Waals surface area contributed by atoms with Gasteiger partial charge in [0.15, 0.2) is 5.78 Å². The standard InChI is InChI=1S/C20H20O4S/c1-3-24-20(22)19-16(18-5-4-10-25-18)11-14(12-17(19)21)13-6-8-15(23-2)9-7-13/h4-10,12,16,19H,3,11H2,1-2H3/t16-,19+/m1/s1. The van der Waals surface area contributed by atoms with Gasteiger partial charge >= 0.3 is 5.97 Å². The van der Waals surface area contributed by atoms with E-state index in [0.29, 0.717) is 6.42 Å². The summed E-state index contributed by atoms with van der Waals surface area (Å²) >= 11 is 1.57. The van der Waals surface area contributed by atoms with Gasteiger partial charge in [-0.1, -0.05) is 18.2 Å². The predicted octanol–water partition coefficient (Wildman–Crippen LogP) is 4.08. The first-order valence-corrected chi connectivity index (χ1v) is 9.11. The summed E-state index contributed by atoms with van der Waals surface area (Å²) in [4.78, 5) is 26.1. The van der Waals surface area contributed by atoms with E-state index >= 15 is 0 Å². The van der Waals surface area contributed by atoms with E-state index < -0.39 is 11.9 Å². The van der Waals surface area contributed by atoms with Crippen molar-refractivity contribution in [2.75, 3.05) is 13.7 Å². The van der Waals surface area contributed by atoms with Crippen molar-refractivity contribution in [2.45, 2.75) is 19.3 Å². The van der Waals surface area contributed by atoms with Crippen LogP contribution in [0.3, 0.4) is 0 Å². The lowest BCUT2D eigenvalue weighted by Crippen LogP contribution is -2.33. The van der Waals surface area contributed by atoms with Crippen LogP contribution in [0.25, 0.3) is 5.57 Å². The topological polar surface area (TPSA) is 52.6 Å². The minimum atomic E-state index is -0.763. The molecule has 3 rings (SSSR count). The van der Waals surface area contributed by atoms with Crippen molar-refractivity contribution in [1.82, 2.24) is 0 Å². The first-order valence-electron chi connectivity index (χ1n) is 8.23. The Morgan fingerprint density at radius 1 is 1.24 bits per heavy atom. The Bertz CT molecular complexity index is 775. The Labute approximate surface area is 151 Å². The van der Waals surface area contributed by atoms with Gasteiger partial charge in [-0.3, -0.25) is 9.59 Å². The van der Waals surface area contributed by atoms with Gasteiger partial charge in [0.05, 0.1) is 13.7 Å². The number of allylic oxidation sites excluding steroid dienone is 2. The molecule has 0 bridgehead atoms. The molecule has 5 heteroatoms. The molecule has 2 aromatic rings. The third-order valence-electron chi connectivity index (χ3n) is 4.38. The zero-order valence-corrected chi connectivity index (χ0v) is 15.0. The first-order chi connectivity index (χ1) is 12.1. The smallest absolute Gasteiger partial charge is 0.317 e. The summed E-state index contributed by atoms with van der Waals surface area (Å²) < 4.78 is 10.3. The molecule has 1 aliphatic carbocycles. The molecule has 1 aromatic heterocycles. The molecule has 0 saturated carbocycles. The molecule has 0 radical (unpaired) electrons. The highest BCUT2D eigenvalue weighted by atomic mass is 32.1. The number of ether oxygens (including phenoxy) is 2. The fourth-order valence-corrected chi connectivity index (χ4v) is 4.02. The molecule has 0 amide bonds. The van der Waals surface area contributed by atoms with E-state index in [1.165, 1.54) is 0 Å². The number of rotatable bonds is 5. The molecular weight excluding hydrogens is 336 g/mol. The Morgan fingerprint density at radius 3 is 2.60 bits per heavy atom. The van der Waals surface area contributed by atoms with Crippen LogP contribution in [0.1, 0.15) is 29.7 Å². The van der Waals surface area contributed by atoms with E-state index in [1.807, 2.05) is 41.8 Å². The van der Waals surface area contributed by atoms with Gasteiger partial charge < -0.3 is 9.47 Å². The van der Waals surface area contributed by atoms with Gasteiger partial charge in [0, 0.05) is 10.8 Å². The van der Waals surface area contributed by atoms with Crippen LogP contribution < -0.4 is 4.74 Å². The molecule has 0 unspecified atom stereocenters. The second kappa shape index (κ2) is 7.66. The summed E-state index contributed by atoms with van der Waals surface area (Å²) in [6.45, 7) is 2.03. The molecule has 0 aliphatic heterocycles. The fourth-order valence-electron chi connectivity index (χ4n) is 3.16. The maximum Gasteiger partial charge on any atom is 0.317 e. The summed E-state index contributed by atoms with van der Waals surface area (Å²) in [6.07, 6.45) is 2.22. The molecule has 25 heavy (non-hydrogen) atoms. The number of benzene rings is 1. The van der Waals surface area contributed by atoms with Crippen molar-refractivity contribution in [3.05, 3.63) is 58.3 Å². The molecule has 2 atom stereocenters. The quantitative estimate of drug-likeness (QED) is 0.598. The monoisotopic (exact) mass is 356 g/mol. The Hall–Kier alpha value is -2.40. The number of carbonyl (C=O) groups excluding carboxylic acids is 2. The molecule has 0 N–H and O–H groups in total. The van der Waals surface area contributed by atoms with E-state index in [1.54, 1.807) is 31.4 Å². The van der Waals surface area contributed by atoms with Crippen molar-refractivity contribution in [3.63, 3.8) is 0 Å². The van der Waals surface area contributed by atoms with E-state index in [2.05, 4.69) is 0 Å². The van der Waals surface area contributed by atoms with Crippen molar-refractivity contribution < 1.29 is 19.1 Å². The summed E-state index contributed by atoms with van der Waals surface area (Å²) in [7, 11) is 1.62. The highest BCUT2D eigenvalue weighted by Crippen LogP contribution is 2.42. The van der Waals surface area contributed by atoms with Crippen LogP contribution in [-0.4, -0.2) is 25.5 Å². The predicted molar refractivity (Wildman–Crippen MR) is 97.8 cm³/mol. The van der Waals surface area contributed by atoms with Crippen LogP contribution in [-0.2, 0) is 14.3 Å². The summed E-state index contributed by atoms with van der Waals surface area (Å²) in [6, 6.07) is 11.5. The van der Waals surface area contributed by atoms with Crippen molar-refractivity contribution in [2.24, 2.45) is 5.92 Å². The van der Waals surface area contributed by atoms with Crippen LogP contribution in [0, 0.1) is 5.92 Å². The fraction of sp³-hybridized carbons (Fsp3) is 0.300. The number of methoxy groups -OCH3 is 1. The third-order valence-corrected chi connectivity index (χ3v) is 5.38. The van der Waals surface area contributed by atoms with E-state index in [4.69, 9.17) is 9.47 Å². The molecule has 0 fully saturated rings. The number of carbonyl (C=O) groups is 2. The second-order valence-electron chi connectivity index (χ2n) is 5.86. The van der Waals surface area contributed by atoms with Gasteiger partial charge in [-0.2, -0.15) is 0 Å². The zero-order valence-electron chi connectivity index (χ0n) is 14.2. The summed E-state index contributed by atoms with van der Waals surface area (Å²) in [5, 5.41) is 1.97. The van der Waals surface area contributed by atoms with Crippen LogP contribution in [0.5, 0.6) is 5.75 Å². The van der Waals surface area contributed by atoms with Gasteiger partial charge in [0.25, 0.3) is 0 Å². The first kappa shape index (κ1) is 17.4. The summed E-state index contributed by atoms with van der Waals surface area (Å²) in [5.41, 5.74) is 1.91. The lowest BCUT2D eigenvalue weighted by Gasteiger charge is -2.28. The normalized spacial score (nSPS) is 20.1. The maximum atomic E-state index is 12.7. The third kappa shape index (κ3) is 3.66. The number of thiophene rings is 1. The number of ketones is 1. The van der Waals surface area contributed by atoms with Crippen LogP contribution >= 0.6 is 11.3 Å². The average Bonchev–Trinajstić information content (AvgIpc) is 3.16. The van der Waals surface area contributed by atoms with Crippen LogP contribution in [0.2, 0.25) is 0 Å². The largest absolute Gasteiger partial charge is 0.497 e. The average molecular weight is 356 g/mol. The lowest BCUT2D eigenvalue weighted by atomic mass is 9.76. The molecule has 0 spiro atoms. The molecule has 0 saturated heterocycles. The Kier molecular flexibility index (Phi) is 5.34. The maximum absolute atomic E-state index is 12.7. The number of esters is 1. The molecule has 1 heterocycles. The van der Waals surface area contributed by atoms with Gasteiger partial charge in [-0.15, -0.1) is 11.3 Å². The second-order valence-corrected chi connectivity index (χ2v) is 6.84. The SMILES string of the molecule is CCOC(=O)[C@@H]1C(=O)C=C(c2ccc(OC)cc2)C[C@@H]1c1cccs1. The summed E-state index contributed by atoms with van der Waals surface area (Å²) in [5.74, 6) is -0.801. The van der Waals surface area contributed by atoms with Gasteiger partial charge in [0.2, 0.25) is 0 Å². The van der Waals surface area contributed by atoms with Crippen LogP contribution in [0.4, 0.5) is 0 Å². The zero-order chi connectivity index (χ0) is 17.8. The highest BCUT2D eigenvalue weighted by molar-refractivity contribution is 7.10. The number of hydrogen-bond acceptors (Lipinski definition) is 5. The Morgan fingerprint density at radius 2 is 2.00 bits per heavy atom. The molecule has 1 aliphatic rings. The van der Waals surface area contributed by atoms with Gasteiger partial charge in [-0.05, 0) is 54.1 Å². The number of hydrogen-bond donors (Lipinski definition) is 0. The minimum absolute atomic E-state index is 0.186. The molecule has 4 nitrogen and oxygen atoms in total. The van der Waals surface area contributed by atoms with E-state index in [-0.39, 0.29) is 18.3 Å². The van der Waals surface area contributed by atoms with Gasteiger partial charge in [-0.25, -0.2) is 0 Å².